The fourth-order valence-corrected chi connectivity index (χ4v) is 1.32. The van der Waals surface area contributed by atoms with Gasteiger partial charge in [-0.05, 0) is 25.5 Å². The molecule has 13 heavy (non-hydrogen) atoms. The maximum atomic E-state index is 9.75. The number of H-pyrrole nitrogens is 1. The summed E-state index contributed by atoms with van der Waals surface area (Å²) in [4.78, 5) is 0. The van der Waals surface area contributed by atoms with Crippen LogP contribution in [0.4, 0.5) is 0 Å². The van der Waals surface area contributed by atoms with E-state index in [2.05, 4.69) is 10.2 Å². The number of nitrogens with one attached hydrogen (secondary N) is 1. The van der Waals surface area contributed by atoms with E-state index in [4.69, 9.17) is 0 Å². The highest BCUT2D eigenvalue weighted by molar-refractivity contribution is 5.78. The molecule has 2 rings (SSSR count). The van der Waals surface area contributed by atoms with Gasteiger partial charge < -0.3 is 5.11 Å². The van der Waals surface area contributed by atoms with Crippen LogP contribution < -0.4 is 0 Å². The monoisotopic (exact) mass is 176 g/mol. The lowest BCUT2D eigenvalue weighted by Crippen LogP contribution is -2.14. The van der Waals surface area contributed by atoms with Gasteiger partial charge in [-0.25, -0.2) is 0 Å². The Kier molecular flexibility index (Phi) is 1.63. The van der Waals surface area contributed by atoms with Crippen molar-refractivity contribution in [3.8, 4) is 0 Å². The van der Waals surface area contributed by atoms with Crippen LogP contribution in [-0.4, -0.2) is 15.3 Å². The second-order valence-corrected chi connectivity index (χ2v) is 3.73. The number of aliphatic hydroxyl groups is 1. The molecule has 0 radical (unpaired) electrons. The van der Waals surface area contributed by atoms with E-state index in [0.717, 1.165) is 16.5 Å². The molecule has 0 fully saturated rings. The molecule has 1 heterocycles. The highest BCUT2D eigenvalue weighted by atomic mass is 16.3. The van der Waals surface area contributed by atoms with E-state index < -0.39 is 5.60 Å². The lowest BCUT2D eigenvalue weighted by molar-refractivity contribution is 0.0787. The first-order valence-electron chi connectivity index (χ1n) is 4.23. The van der Waals surface area contributed by atoms with Gasteiger partial charge in [0.05, 0.1) is 17.3 Å². The van der Waals surface area contributed by atoms with Crippen molar-refractivity contribution in [3.63, 3.8) is 0 Å². The van der Waals surface area contributed by atoms with Gasteiger partial charge in [-0.15, -0.1) is 0 Å². The smallest absolute Gasteiger partial charge is 0.0841 e. The molecule has 0 saturated carbocycles. The van der Waals surface area contributed by atoms with Crippen LogP contribution in [0.5, 0.6) is 0 Å². The molecule has 2 aromatic rings. The fraction of sp³-hybridized carbons (Fsp3) is 0.300. The number of hydrogen-bond acceptors (Lipinski definition) is 2. The Hall–Kier alpha value is -1.35. The minimum absolute atomic E-state index is 0.792. The van der Waals surface area contributed by atoms with E-state index in [1.165, 1.54) is 0 Å². The van der Waals surface area contributed by atoms with Crippen LogP contribution in [0.3, 0.4) is 0 Å². The molecular weight excluding hydrogens is 164 g/mol. The molecule has 0 bridgehead atoms. The highest BCUT2D eigenvalue weighted by Gasteiger charge is 2.15. The van der Waals surface area contributed by atoms with Gasteiger partial charge in [0.2, 0.25) is 0 Å². The molecule has 2 N–H and O–H groups in total. The first kappa shape index (κ1) is 8.26. The van der Waals surface area contributed by atoms with Crippen LogP contribution in [0, 0.1) is 0 Å². The van der Waals surface area contributed by atoms with Gasteiger partial charge in [-0.2, -0.15) is 5.10 Å². The van der Waals surface area contributed by atoms with Crippen LogP contribution in [0.25, 0.3) is 10.9 Å². The molecule has 68 valence electrons. The summed E-state index contributed by atoms with van der Waals surface area (Å²) >= 11 is 0. The van der Waals surface area contributed by atoms with E-state index in [-0.39, 0.29) is 0 Å². The van der Waals surface area contributed by atoms with Crippen LogP contribution >= 0.6 is 0 Å². The first-order valence-corrected chi connectivity index (χ1v) is 4.23. The topological polar surface area (TPSA) is 48.9 Å². The Bertz CT molecular complexity index is 426. The molecule has 0 saturated heterocycles. The molecule has 1 aromatic carbocycles. The van der Waals surface area contributed by atoms with Crippen molar-refractivity contribution in [2.24, 2.45) is 0 Å². The summed E-state index contributed by atoms with van der Waals surface area (Å²) in [6.07, 6.45) is 1.77. The lowest BCUT2D eigenvalue weighted by atomic mass is 9.98. The molecule has 0 spiro atoms. The number of aromatic amines is 1. The number of rotatable bonds is 1. The van der Waals surface area contributed by atoms with Crippen molar-refractivity contribution in [2.45, 2.75) is 19.4 Å². The van der Waals surface area contributed by atoms with Gasteiger partial charge >= 0.3 is 0 Å². The predicted molar refractivity (Wildman–Crippen MR) is 51.3 cm³/mol. The Morgan fingerprint density at radius 1 is 1.38 bits per heavy atom. The first-order chi connectivity index (χ1) is 6.07. The summed E-state index contributed by atoms with van der Waals surface area (Å²) in [6.45, 7) is 3.54. The Labute approximate surface area is 76.4 Å². The van der Waals surface area contributed by atoms with E-state index in [9.17, 15) is 5.11 Å². The SMILES string of the molecule is CC(C)(O)c1ccc2cn[nH]c2c1. The van der Waals surface area contributed by atoms with Crippen molar-refractivity contribution in [2.75, 3.05) is 0 Å². The number of fused-ring (bicyclic) bond motifs is 1. The molecule has 0 unspecified atom stereocenters. The third-order valence-electron chi connectivity index (χ3n) is 2.15. The number of nitrogens with zero attached hydrogens (tertiary/aromatic N) is 1. The number of aromatic nitrogens is 2. The maximum absolute atomic E-state index is 9.75. The summed E-state index contributed by atoms with van der Waals surface area (Å²) in [7, 11) is 0. The summed E-state index contributed by atoms with van der Waals surface area (Å²) < 4.78 is 0. The largest absolute Gasteiger partial charge is 0.386 e. The van der Waals surface area contributed by atoms with Gasteiger partial charge in [0.15, 0.2) is 0 Å². The molecule has 0 aliphatic rings. The van der Waals surface area contributed by atoms with Gasteiger partial charge in [-0.3, -0.25) is 5.10 Å². The summed E-state index contributed by atoms with van der Waals surface area (Å²) in [5, 5.41) is 17.6. The standard InChI is InChI=1S/C10H12N2O/c1-10(2,13)8-4-3-7-6-11-12-9(7)5-8/h3-6,13H,1-2H3,(H,11,12). The molecule has 0 aliphatic carbocycles. The van der Waals surface area contributed by atoms with Gasteiger partial charge in [0, 0.05) is 5.39 Å². The quantitative estimate of drug-likeness (QED) is 0.696. The van der Waals surface area contributed by atoms with Gasteiger partial charge in [-0.1, -0.05) is 12.1 Å². The fourth-order valence-electron chi connectivity index (χ4n) is 1.32. The minimum Gasteiger partial charge on any atom is -0.386 e. The van der Waals surface area contributed by atoms with Crippen molar-refractivity contribution < 1.29 is 5.11 Å². The van der Waals surface area contributed by atoms with Crippen molar-refractivity contribution in [3.05, 3.63) is 30.0 Å². The molecular formula is C10H12N2O. The Morgan fingerprint density at radius 2 is 2.15 bits per heavy atom. The zero-order valence-electron chi connectivity index (χ0n) is 7.70. The van der Waals surface area contributed by atoms with Crippen LogP contribution in [0.1, 0.15) is 19.4 Å². The van der Waals surface area contributed by atoms with Crippen LogP contribution in [0.2, 0.25) is 0 Å². The minimum atomic E-state index is -0.792. The average molecular weight is 176 g/mol. The summed E-state index contributed by atoms with van der Waals surface area (Å²) in [6, 6.07) is 5.78. The lowest BCUT2D eigenvalue weighted by Gasteiger charge is -2.17. The Balaban J connectivity index is 2.61. The molecule has 3 nitrogen and oxygen atoms in total. The van der Waals surface area contributed by atoms with E-state index in [1.54, 1.807) is 20.0 Å². The van der Waals surface area contributed by atoms with Gasteiger partial charge in [0.1, 0.15) is 0 Å². The van der Waals surface area contributed by atoms with Crippen molar-refractivity contribution >= 4 is 10.9 Å². The zero-order chi connectivity index (χ0) is 9.47. The molecule has 1 aromatic heterocycles. The zero-order valence-corrected chi connectivity index (χ0v) is 7.70. The normalized spacial score (nSPS) is 12.2. The van der Waals surface area contributed by atoms with E-state index in [1.807, 2.05) is 18.2 Å². The van der Waals surface area contributed by atoms with E-state index >= 15 is 0 Å². The molecule has 0 amide bonds. The van der Waals surface area contributed by atoms with E-state index in [0.29, 0.717) is 0 Å². The average Bonchev–Trinajstić information content (AvgIpc) is 2.47. The summed E-state index contributed by atoms with van der Waals surface area (Å²) in [5.41, 5.74) is 1.06. The van der Waals surface area contributed by atoms with Crippen LogP contribution in [-0.2, 0) is 5.60 Å². The molecule has 0 atom stereocenters. The molecule has 3 heteroatoms. The summed E-state index contributed by atoms with van der Waals surface area (Å²) in [5.74, 6) is 0. The van der Waals surface area contributed by atoms with Crippen molar-refractivity contribution in [1.82, 2.24) is 10.2 Å². The highest BCUT2D eigenvalue weighted by Crippen LogP contribution is 2.22. The van der Waals surface area contributed by atoms with Gasteiger partial charge in [0.25, 0.3) is 0 Å². The second-order valence-electron chi connectivity index (χ2n) is 3.73. The third-order valence-corrected chi connectivity index (χ3v) is 2.15. The third kappa shape index (κ3) is 1.42. The molecule has 0 aliphatic heterocycles. The van der Waals surface area contributed by atoms with Crippen LogP contribution in [0.15, 0.2) is 24.4 Å². The Morgan fingerprint density at radius 3 is 2.85 bits per heavy atom. The maximum Gasteiger partial charge on any atom is 0.0841 e. The predicted octanol–water partition coefficient (Wildman–Crippen LogP) is 1.79. The number of benzene rings is 1. The van der Waals surface area contributed by atoms with Crippen molar-refractivity contribution in [1.29, 1.82) is 0 Å². The number of hydrogen-bond donors (Lipinski definition) is 2. The second kappa shape index (κ2) is 2.57.